The van der Waals surface area contributed by atoms with Gasteiger partial charge in [0.25, 0.3) is 0 Å². The second-order valence-electron chi connectivity index (χ2n) is 5.59. The monoisotopic (exact) mass is 274 g/mol. The molecule has 0 spiro atoms. The van der Waals surface area contributed by atoms with E-state index in [9.17, 15) is 8.42 Å². The van der Waals surface area contributed by atoms with Crippen LogP contribution >= 0.6 is 0 Å². The molecule has 2 atom stereocenters. The molecule has 0 saturated heterocycles. The Morgan fingerprint density at radius 1 is 1.05 bits per heavy atom. The molecule has 0 N–H and O–H groups in total. The fourth-order valence-corrected chi connectivity index (χ4v) is 5.66. The molecule has 0 unspecified atom stereocenters. The molecule has 19 heavy (non-hydrogen) atoms. The molecule has 2 nitrogen and oxygen atoms in total. The van der Waals surface area contributed by atoms with Gasteiger partial charge in [0, 0.05) is 5.92 Å². The van der Waals surface area contributed by atoms with Crippen molar-refractivity contribution in [3.05, 3.63) is 52.6 Å². The smallest absolute Gasteiger partial charge is 0.185 e. The van der Waals surface area contributed by atoms with Gasteiger partial charge in [0.1, 0.15) is 0 Å². The van der Waals surface area contributed by atoms with E-state index in [1.807, 2.05) is 45.1 Å². The summed E-state index contributed by atoms with van der Waals surface area (Å²) in [7, 11) is -3.26. The van der Waals surface area contributed by atoms with Crippen LogP contribution in [0.25, 0.3) is 0 Å². The quantitative estimate of drug-likeness (QED) is 0.728. The van der Waals surface area contributed by atoms with Crippen LogP contribution in [-0.4, -0.2) is 13.7 Å². The zero-order valence-corrected chi connectivity index (χ0v) is 12.3. The highest BCUT2D eigenvalue weighted by atomic mass is 32.2. The molecule has 1 aliphatic heterocycles. The van der Waals surface area contributed by atoms with E-state index < -0.39 is 9.84 Å². The van der Waals surface area contributed by atoms with Crippen molar-refractivity contribution < 1.29 is 8.42 Å². The minimum absolute atomic E-state index is 0.0864. The lowest BCUT2D eigenvalue weighted by molar-refractivity contribution is 0.539. The third-order valence-electron chi connectivity index (χ3n) is 4.39. The molecule has 2 aliphatic rings. The molecule has 1 aliphatic carbocycles. The van der Waals surface area contributed by atoms with Gasteiger partial charge in [-0.15, -0.1) is 0 Å². The summed E-state index contributed by atoms with van der Waals surface area (Å²) in [5.41, 5.74) is 4.10. The van der Waals surface area contributed by atoms with E-state index in [1.54, 1.807) is 0 Å². The first-order valence-electron chi connectivity index (χ1n) is 6.61. The number of allylic oxidation sites excluding steroid dienone is 3. The zero-order valence-electron chi connectivity index (χ0n) is 11.5. The number of fused-ring (bicyclic) bond motifs is 2. The first-order chi connectivity index (χ1) is 8.93. The summed E-state index contributed by atoms with van der Waals surface area (Å²) in [6.07, 6.45) is 8.49. The van der Waals surface area contributed by atoms with Gasteiger partial charge in [-0.1, -0.05) is 30.4 Å². The van der Waals surface area contributed by atoms with E-state index in [-0.39, 0.29) is 11.2 Å². The van der Waals surface area contributed by atoms with Crippen LogP contribution in [0.2, 0.25) is 0 Å². The minimum Gasteiger partial charge on any atom is -0.223 e. The van der Waals surface area contributed by atoms with E-state index in [0.29, 0.717) is 4.90 Å². The summed E-state index contributed by atoms with van der Waals surface area (Å²) in [4.78, 5) is 0.589. The van der Waals surface area contributed by atoms with Gasteiger partial charge in [-0.05, 0) is 49.4 Å². The van der Waals surface area contributed by atoms with Crippen LogP contribution < -0.4 is 0 Å². The molecule has 0 amide bonds. The maximum Gasteiger partial charge on any atom is 0.185 e. The third-order valence-corrected chi connectivity index (χ3v) is 6.74. The van der Waals surface area contributed by atoms with Crippen LogP contribution in [-0.2, 0) is 16.3 Å². The van der Waals surface area contributed by atoms with Gasteiger partial charge in [0.05, 0.1) is 10.1 Å². The van der Waals surface area contributed by atoms with Crippen molar-refractivity contribution in [2.75, 3.05) is 0 Å². The zero-order chi connectivity index (χ0) is 13.8. The fraction of sp³-hybridized carbons (Fsp3) is 0.375. The van der Waals surface area contributed by atoms with Gasteiger partial charge in [-0.25, -0.2) is 8.42 Å². The molecule has 3 heteroatoms. The van der Waals surface area contributed by atoms with Crippen molar-refractivity contribution in [2.24, 2.45) is 5.92 Å². The number of benzene rings is 1. The SMILES string of the molecule is Cc1cc(C)c2c(c1C)S(=O)(=O)[C@H]1C=CC=C[C@@H]1C2. The lowest BCUT2D eigenvalue weighted by atomic mass is 9.88. The van der Waals surface area contributed by atoms with Crippen LogP contribution in [0.15, 0.2) is 35.3 Å². The summed E-state index contributed by atoms with van der Waals surface area (Å²) in [5, 5.41) is -0.384. The summed E-state index contributed by atoms with van der Waals surface area (Å²) in [6, 6.07) is 2.10. The highest BCUT2D eigenvalue weighted by Crippen LogP contribution is 2.40. The molecule has 0 fully saturated rings. The largest absolute Gasteiger partial charge is 0.223 e. The van der Waals surface area contributed by atoms with E-state index in [4.69, 9.17) is 0 Å². The van der Waals surface area contributed by atoms with Gasteiger partial charge in [-0.3, -0.25) is 0 Å². The molecular formula is C16H18O2S. The van der Waals surface area contributed by atoms with Crippen molar-refractivity contribution in [1.29, 1.82) is 0 Å². The first kappa shape index (κ1) is 12.7. The van der Waals surface area contributed by atoms with Crippen LogP contribution in [0, 0.1) is 26.7 Å². The average molecular weight is 274 g/mol. The molecule has 0 bridgehead atoms. The Balaban J connectivity index is 2.34. The molecule has 1 aromatic carbocycles. The van der Waals surface area contributed by atoms with Gasteiger partial charge < -0.3 is 0 Å². The summed E-state index contributed by atoms with van der Waals surface area (Å²) < 4.78 is 25.8. The van der Waals surface area contributed by atoms with Crippen LogP contribution in [0.5, 0.6) is 0 Å². The Morgan fingerprint density at radius 3 is 2.47 bits per heavy atom. The first-order valence-corrected chi connectivity index (χ1v) is 8.16. The van der Waals surface area contributed by atoms with Crippen molar-refractivity contribution in [3.63, 3.8) is 0 Å². The second kappa shape index (κ2) is 4.07. The number of sulfone groups is 1. The van der Waals surface area contributed by atoms with Crippen LogP contribution in [0.1, 0.15) is 22.3 Å². The molecular weight excluding hydrogens is 256 g/mol. The minimum atomic E-state index is -3.26. The highest BCUT2D eigenvalue weighted by Gasteiger charge is 2.40. The highest BCUT2D eigenvalue weighted by molar-refractivity contribution is 7.92. The predicted molar refractivity (Wildman–Crippen MR) is 77.1 cm³/mol. The van der Waals surface area contributed by atoms with Gasteiger partial charge in [0.15, 0.2) is 9.84 Å². The van der Waals surface area contributed by atoms with E-state index >= 15 is 0 Å². The summed E-state index contributed by atoms with van der Waals surface area (Å²) in [5.74, 6) is 0.0864. The van der Waals surface area contributed by atoms with Crippen molar-refractivity contribution in [3.8, 4) is 0 Å². The number of hydrogen-bond acceptors (Lipinski definition) is 2. The Kier molecular flexibility index (Phi) is 2.72. The Morgan fingerprint density at radius 2 is 1.74 bits per heavy atom. The maximum absolute atomic E-state index is 12.9. The number of rotatable bonds is 0. The predicted octanol–water partition coefficient (Wildman–Crippen LogP) is 3.05. The molecule has 0 aromatic heterocycles. The topological polar surface area (TPSA) is 34.1 Å². The Bertz CT molecular complexity index is 709. The van der Waals surface area contributed by atoms with Gasteiger partial charge in [0.2, 0.25) is 0 Å². The molecule has 1 aromatic rings. The van der Waals surface area contributed by atoms with Crippen molar-refractivity contribution >= 4 is 9.84 Å². The van der Waals surface area contributed by atoms with Crippen molar-refractivity contribution in [2.45, 2.75) is 37.3 Å². The molecule has 0 saturated carbocycles. The lowest BCUT2D eigenvalue weighted by Gasteiger charge is -2.33. The average Bonchev–Trinajstić information content (AvgIpc) is 2.35. The maximum atomic E-state index is 12.9. The van der Waals surface area contributed by atoms with Gasteiger partial charge >= 0.3 is 0 Å². The normalized spacial score (nSPS) is 26.9. The van der Waals surface area contributed by atoms with E-state index in [2.05, 4.69) is 6.07 Å². The van der Waals surface area contributed by atoms with E-state index in [0.717, 1.165) is 28.7 Å². The van der Waals surface area contributed by atoms with Crippen LogP contribution in [0.4, 0.5) is 0 Å². The molecule has 0 radical (unpaired) electrons. The van der Waals surface area contributed by atoms with E-state index in [1.165, 1.54) is 0 Å². The third kappa shape index (κ3) is 1.71. The molecule has 3 rings (SSSR count). The summed E-state index contributed by atoms with van der Waals surface area (Å²) in [6.45, 7) is 5.93. The van der Waals surface area contributed by atoms with Gasteiger partial charge in [-0.2, -0.15) is 0 Å². The summed E-state index contributed by atoms with van der Waals surface area (Å²) >= 11 is 0. The standard InChI is InChI=1S/C16H18O2S/c1-10-8-11(2)14-9-13-6-4-5-7-15(13)19(17,18)16(14)12(10)3/h4-8,13,15H,9H2,1-3H3/t13-,15+/m1/s1. The second-order valence-corrected chi connectivity index (χ2v) is 7.63. The van der Waals surface area contributed by atoms with Crippen LogP contribution in [0.3, 0.4) is 0 Å². The Labute approximate surface area is 114 Å². The molecule has 1 heterocycles. The number of hydrogen-bond donors (Lipinski definition) is 0. The molecule has 100 valence electrons. The lowest BCUT2D eigenvalue weighted by Crippen LogP contribution is -2.36. The van der Waals surface area contributed by atoms with Crippen molar-refractivity contribution in [1.82, 2.24) is 0 Å². The number of aryl methyl sites for hydroxylation is 2. The fourth-order valence-electron chi connectivity index (χ4n) is 3.27. The Hall–Kier alpha value is -1.35.